The number of carbonyl (C=O) groups excluding carboxylic acids is 1. The van der Waals surface area contributed by atoms with Gasteiger partial charge in [-0.2, -0.15) is 5.26 Å². The monoisotopic (exact) mass is 401 g/mol. The molecule has 1 unspecified atom stereocenters. The van der Waals surface area contributed by atoms with Gasteiger partial charge in [-0.05, 0) is 80.7 Å². The zero-order valence-corrected chi connectivity index (χ0v) is 18.4. The van der Waals surface area contributed by atoms with Crippen LogP contribution in [0.25, 0.3) is 0 Å². The molecule has 0 aliphatic heterocycles. The average Bonchev–Trinajstić information content (AvgIpc) is 2.73. The second kappa shape index (κ2) is 9.63. The van der Waals surface area contributed by atoms with Gasteiger partial charge >= 0.3 is 0 Å². The maximum atomic E-state index is 12.8. The van der Waals surface area contributed by atoms with Gasteiger partial charge in [0.25, 0.3) is 5.91 Å². The van der Waals surface area contributed by atoms with Gasteiger partial charge in [0, 0.05) is 11.9 Å². The number of aryl methyl sites for hydroxylation is 5. The highest BCUT2D eigenvalue weighted by Crippen LogP contribution is 2.26. The van der Waals surface area contributed by atoms with E-state index in [2.05, 4.69) is 54.8 Å². The lowest BCUT2D eigenvalue weighted by Gasteiger charge is -2.21. The van der Waals surface area contributed by atoms with Crippen LogP contribution in [0, 0.1) is 32.1 Å². The lowest BCUT2D eigenvalue weighted by molar-refractivity contribution is -0.117. The number of carbonyl (C=O) groups is 1. The van der Waals surface area contributed by atoms with Crippen molar-refractivity contribution in [1.82, 2.24) is 5.32 Å². The lowest BCUT2D eigenvalue weighted by atomic mass is 9.88. The first-order valence-electron chi connectivity index (χ1n) is 10.8. The predicted molar refractivity (Wildman–Crippen MR) is 122 cm³/mol. The van der Waals surface area contributed by atoms with Crippen molar-refractivity contribution in [3.63, 3.8) is 0 Å². The fourth-order valence-corrected chi connectivity index (χ4v) is 4.33. The van der Waals surface area contributed by atoms with E-state index in [9.17, 15) is 10.1 Å². The molecule has 0 fully saturated rings. The SMILES string of the molecule is CCC(NC(=O)/C(C#N)=C\Nc1c(C)cc(C)cc1C)c1ccc2c(c1)CCCC2. The third-order valence-corrected chi connectivity index (χ3v) is 5.89. The van der Waals surface area contributed by atoms with E-state index >= 15 is 0 Å². The molecule has 1 atom stereocenters. The van der Waals surface area contributed by atoms with Crippen LogP contribution >= 0.6 is 0 Å². The predicted octanol–water partition coefficient (Wildman–Crippen LogP) is 5.58. The van der Waals surface area contributed by atoms with Crippen molar-refractivity contribution >= 4 is 11.6 Å². The maximum absolute atomic E-state index is 12.8. The first-order valence-corrected chi connectivity index (χ1v) is 10.8. The Balaban J connectivity index is 1.75. The molecule has 2 aromatic carbocycles. The van der Waals surface area contributed by atoms with Crippen molar-refractivity contribution in [2.45, 2.75) is 65.8 Å². The van der Waals surface area contributed by atoms with Crippen LogP contribution in [0.2, 0.25) is 0 Å². The van der Waals surface area contributed by atoms with Crippen LogP contribution in [0.1, 0.15) is 65.6 Å². The highest BCUT2D eigenvalue weighted by molar-refractivity contribution is 5.97. The molecular formula is C26H31N3O. The number of rotatable bonds is 6. The molecule has 0 bridgehead atoms. The maximum Gasteiger partial charge on any atom is 0.263 e. The zero-order valence-electron chi connectivity index (χ0n) is 18.4. The minimum Gasteiger partial charge on any atom is -0.360 e. The highest BCUT2D eigenvalue weighted by Gasteiger charge is 2.18. The Labute approximate surface area is 180 Å². The van der Waals surface area contributed by atoms with Gasteiger partial charge in [-0.1, -0.05) is 42.8 Å². The Kier molecular flexibility index (Phi) is 6.95. The summed E-state index contributed by atoms with van der Waals surface area (Å²) >= 11 is 0. The van der Waals surface area contributed by atoms with Crippen molar-refractivity contribution in [2.75, 3.05) is 5.32 Å². The summed E-state index contributed by atoms with van der Waals surface area (Å²) in [5.74, 6) is -0.350. The summed E-state index contributed by atoms with van der Waals surface area (Å²) in [4.78, 5) is 12.8. The summed E-state index contributed by atoms with van der Waals surface area (Å²) in [6.07, 6.45) is 7.01. The second-order valence-corrected chi connectivity index (χ2v) is 8.26. The van der Waals surface area contributed by atoms with Gasteiger partial charge in [0.15, 0.2) is 0 Å². The quantitative estimate of drug-likeness (QED) is 0.491. The molecule has 2 aromatic rings. The van der Waals surface area contributed by atoms with E-state index in [1.807, 2.05) is 19.9 Å². The molecule has 0 saturated heterocycles. The van der Waals surface area contributed by atoms with E-state index in [4.69, 9.17) is 0 Å². The molecule has 0 saturated carbocycles. The summed E-state index contributed by atoms with van der Waals surface area (Å²) in [5.41, 5.74) is 8.31. The second-order valence-electron chi connectivity index (χ2n) is 8.26. The number of benzene rings is 2. The van der Waals surface area contributed by atoms with Gasteiger partial charge in [-0.3, -0.25) is 4.79 Å². The van der Waals surface area contributed by atoms with Crippen LogP contribution in [0.15, 0.2) is 42.1 Å². The van der Waals surface area contributed by atoms with Crippen LogP contribution in [-0.2, 0) is 17.6 Å². The molecule has 30 heavy (non-hydrogen) atoms. The Morgan fingerprint density at radius 2 is 1.77 bits per heavy atom. The minimum atomic E-state index is -0.350. The number of nitrogens with one attached hydrogen (secondary N) is 2. The fraction of sp³-hybridized carbons (Fsp3) is 0.385. The molecule has 0 spiro atoms. The van der Waals surface area contributed by atoms with Gasteiger partial charge in [0.1, 0.15) is 11.6 Å². The number of nitriles is 1. The standard InChI is InChI=1S/C26H31N3O/c1-5-24(22-11-10-20-8-6-7-9-21(20)14-22)29-26(30)23(15-27)16-28-25-18(3)12-17(2)13-19(25)4/h10-14,16,24,28H,5-9H2,1-4H3,(H,29,30)/b23-16-. The molecule has 0 aromatic heterocycles. The van der Waals surface area contributed by atoms with Crippen LogP contribution < -0.4 is 10.6 Å². The Morgan fingerprint density at radius 3 is 2.40 bits per heavy atom. The normalized spacial score (nSPS) is 14.4. The number of hydrogen-bond acceptors (Lipinski definition) is 3. The van der Waals surface area contributed by atoms with Gasteiger partial charge in [-0.15, -0.1) is 0 Å². The van der Waals surface area contributed by atoms with Gasteiger partial charge < -0.3 is 10.6 Å². The molecule has 4 nitrogen and oxygen atoms in total. The number of hydrogen-bond donors (Lipinski definition) is 2. The minimum absolute atomic E-state index is 0.0748. The zero-order chi connectivity index (χ0) is 21.7. The number of amides is 1. The number of anilines is 1. The Bertz CT molecular complexity index is 990. The van der Waals surface area contributed by atoms with Crippen molar-refractivity contribution in [3.05, 3.63) is 75.5 Å². The number of nitrogens with zero attached hydrogens (tertiary/aromatic N) is 1. The van der Waals surface area contributed by atoms with Gasteiger partial charge in [-0.25, -0.2) is 0 Å². The lowest BCUT2D eigenvalue weighted by Crippen LogP contribution is -2.29. The largest absolute Gasteiger partial charge is 0.360 e. The first kappa shape index (κ1) is 21.6. The molecule has 0 heterocycles. The summed E-state index contributed by atoms with van der Waals surface area (Å²) in [5, 5.41) is 15.8. The van der Waals surface area contributed by atoms with Gasteiger partial charge in [0.05, 0.1) is 6.04 Å². The van der Waals surface area contributed by atoms with Crippen LogP contribution in [-0.4, -0.2) is 5.91 Å². The van der Waals surface area contributed by atoms with E-state index in [1.165, 1.54) is 35.7 Å². The third kappa shape index (κ3) is 4.91. The van der Waals surface area contributed by atoms with Crippen LogP contribution in [0.5, 0.6) is 0 Å². The third-order valence-electron chi connectivity index (χ3n) is 5.89. The van der Waals surface area contributed by atoms with Crippen molar-refractivity contribution in [3.8, 4) is 6.07 Å². The molecule has 1 aliphatic carbocycles. The average molecular weight is 402 g/mol. The first-order chi connectivity index (χ1) is 14.4. The molecule has 1 aliphatic rings. The molecule has 0 radical (unpaired) electrons. The molecular weight excluding hydrogens is 370 g/mol. The van der Waals surface area contributed by atoms with E-state index < -0.39 is 0 Å². The molecule has 1 amide bonds. The summed E-state index contributed by atoms with van der Waals surface area (Å²) in [6.45, 7) is 8.15. The topological polar surface area (TPSA) is 64.9 Å². The molecule has 3 rings (SSSR count). The molecule has 156 valence electrons. The van der Waals surface area contributed by atoms with Crippen molar-refractivity contribution in [2.24, 2.45) is 0 Å². The molecule has 2 N–H and O–H groups in total. The van der Waals surface area contributed by atoms with Crippen molar-refractivity contribution < 1.29 is 4.79 Å². The Hall–Kier alpha value is -3.06. The smallest absolute Gasteiger partial charge is 0.263 e. The highest BCUT2D eigenvalue weighted by atomic mass is 16.1. The van der Waals surface area contributed by atoms with Gasteiger partial charge in [0.2, 0.25) is 0 Å². The van der Waals surface area contributed by atoms with Crippen LogP contribution in [0.4, 0.5) is 5.69 Å². The molecule has 4 heteroatoms. The fourth-order valence-electron chi connectivity index (χ4n) is 4.33. The van der Waals surface area contributed by atoms with E-state index in [0.29, 0.717) is 0 Å². The van der Waals surface area contributed by atoms with E-state index in [0.717, 1.165) is 41.6 Å². The number of fused-ring (bicyclic) bond motifs is 1. The van der Waals surface area contributed by atoms with E-state index in [-0.39, 0.29) is 17.5 Å². The summed E-state index contributed by atoms with van der Waals surface area (Å²) in [6, 6.07) is 12.6. The van der Waals surface area contributed by atoms with Crippen molar-refractivity contribution in [1.29, 1.82) is 5.26 Å². The summed E-state index contributed by atoms with van der Waals surface area (Å²) < 4.78 is 0. The van der Waals surface area contributed by atoms with E-state index in [1.54, 1.807) is 0 Å². The summed E-state index contributed by atoms with van der Waals surface area (Å²) in [7, 11) is 0. The van der Waals surface area contributed by atoms with Crippen LogP contribution in [0.3, 0.4) is 0 Å². The Morgan fingerprint density at radius 1 is 1.10 bits per heavy atom.